The lowest BCUT2D eigenvalue weighted by molar-refractivity contribution is 0.0600. The fraction of sp³-hybridized carbons (Fsp3) is 0.533. The van der Waals surface area contributed by atoms with Gasteiger partial charge in [0.15, 0.2) is 11.5 Å². The zero-order valence-electron chi connectivity index (χ0n) is 12.5. The molecule has 6 nitrogen and oxygen atoms in total. The fourth-order valence-corrected chi connectivity index (χ4v) is 2.78. The number of ether oxygens (including phenoxy) is 1. The van der Waals surface area contributed by atoms with Crippen LogP contribution in [0.1, 0.15) is 29.0 Å². The molecule has 1 saturated heterocycles. The van der Waals surface area contributed by atoms with Crippen molar-refractivity contribution < 1.29 is 9.53 Å². The molecule has 0 amide bonds. The summed E-state index contributed by atoms with van der Waals surface area (Å²) < 4.78 is 6.44. The summed E-state index contributed by atoms with van der Waals surface area (Å²) in [4.78, 5) is 18.4. The molecule has 0 N–H and O–H groups in total. The highest BCUT2D eigenvalue weighted by Gasteiger charge is 2.19. The van der Waals surface area contributed by atoms with Gasteiger partial charge in [0.1, 0.15) is 0 Å². The highest BCUT2D eigenvalue weighted by molar-refractivity contribution is 5.90. The third kappa shape index (κ3) is 3.05. The molecule has 6 heteroatoms. The molecular formula is C15H20N4O2. The maximum atomic E-state index is 11.5. The number of rotatable bonds is 3. The van der Waals surface area contributed by atoms with E-state index in [0.717, 1.165) is 25.3 Å². The Hall–Kier alpha value is -1.95. The average molecular weight is 288 g/mol. The minimum absolute atomic E-state index is 0.350. The fourth-order valence-electron chi connectivity index (χ4n) is 2.78. The molecule has 0 atom stereocenters. The van der Waals surface area contributed by atoms with E-state index in [9.17, 15) is 4.79 Å². The Morgan fingerprint density at radius 1 is 1.43 bits per heavy atom. The van der Waals surface area contributed by atoms with Gasteiger partial charge in [0, 0.05) is 12.6 Å². The van der Waals surface area contributed by atoms with E-state index < -0.39 is 0 Å². The minimum atomic E-state index is -0.350. The van der Waals surface area contributed by atoms with Gasteiger partial charge in [-0.15, -0.1) is 0 Å². The van der Waals surface area contributed by atoms with Crippen molar-refractivity contribution in [2.24, 2.45) is 5.92 Å². The Bertz CT molecular complexity index is 644. The zero-order chi connectivity index (χ0) is 14.8. The first-order chi connectivity index (χ1) is 10.2. The number of carbonyl (C=O) groups is 1. The topological polar surface area (TPSA) is 59.7 Å². The van der Waals surface area contributed by atoms with Gasteiger partial charge in [-0.3, -0.25) is 0 Å². The number of pyridine rings is 1. The minimum Gasteiger partial charge on any atom is -0.465 e. The first-order valence-corrected chi connectivity index (χ1v) is 7.28. The number of likely N-dealkylation sites (tertiary alicyclic amines) is 1. The van der Waals surface area contributed by atoms with Gasteiger partial charge >= 0.3 is 5.97 Å². The molecule has 0 aromatic carbocycles. The Labute approximate surface area is 123 Å². The van der Waals surface area contributed by atoms with Crippen LogP contribution in [0.4, 0.5) is 0 Å². The van der Waals surface area contributed by atoms with E-state index in [0.29, 0.717) is 17.1 Å². The first-order valence-electron chi connectivity index (χ1n) is 7.28. The smallest absolute Gasteiger partial charge is 0.338 e. The van der Waals surface area contributed by atoms with E-state index in [2.05, 4.69) is 22.0 Å². The van der Waals surface area contributed by atoms with Crippen molar-refractivity contribution >= 4 is 11.6 Å². The van der Waals surface area contributed by atoms with Gasteiger partial charge in [-0.05, 0) is 51.0 Å². The van der Waals surface area contributed by atoms with Crippen LogP contribution in [0, 0.1) is 5.92 Å². The van der Waals surface area contributed by atoms with Crippen molar-refractivity contribution in [2.75, 3.05) is 27.2 Å². The Balaban J connectivity index is 1.76. The molecule has 2 aromatic heterocycles. The second-order valence-corrected chi connectivity index (χ2v) is 5.69. The van der Waals surface area contributed by atoms with Crippen molar-refractivity contribution in [3.8, 4) is 0 Å². The number of hydrogen-bond acceptors (Lipinski definition) is 5. The number of piperidine rings is 1. The van der Waals surface area contributed by atoms with E-state index in [1.807, 2.05) is 0 Å². The summed E-state index contributed by atoms with van der Waals surface area (Å²) in [7, 11) is 3.54. The molecule has 1 aliphatic rings. The van der Waals surface area contributed by atoms with Gasteiger partial charge in [0.2, 0.25) is 0 Å². The molecule has 112 valence electrons. The number of methoxy groups -OCH3 is 1. The summed E-state index contributed by atoms with van der Waals surface area (Å²) in [6.45, 7) is 2.29. The molecule has 0 aliphatic carbocycles. The standard InChI is InChI=1S/C15H20N4O2/c1-18-6-3-11(4-7-18)9-13-16-14-10-12(15(20)21-2)5-8-19(14)17-13/h5,8,10-11H,3-4,6-7,9H2,1-2H3. The van der Waals surface area contributed by atoms with Crippen LogP contribution in [-0.2, 0) is 11.2 Å². The Kier molecular flexibility index (Phi) is 3.88. The zero-order valence-corrected chi connectivity index (χ0v) is 12.5. The van der Waals surface area contributed by atoms with E-state index in [-0.39, 0.29) is 5.97 Å². The van der Waals surface area contributed by atoms with Crippen LogP contribution >= 0.6 is 0 Å². The average Bonchev–Trinajstić information content (AvgIpc) is 2.90. The second-order valence-electron chi connectivity index (χ2n) is 5.69. The van der Waals surface area contributed by atoms with E-state index >= 15 is 0 Å². The maximum Gasteiger partial charge on any atom is 0.338 e. The van der Waals surface area contributed by atoms with E-state index in [4.69, 9.17) is 4.74 Å². The van der Waals surface area contributed by atoms with Crippen LogP contribution in [-0.4, -0.2) is 52.7 Å². The number of nitrogens with zero attached hydrogens (tertiary/aromatic N) is 4. The number of hydrogen-bond donors (Lipinski definition) is 0. The van der Waals surface area contributed by atoms with Crippen molar-refractivity contribution in [1.82, 2.24) is 19.5 Å². The molecule has 1 fully saturated rings. The molecular weight excluding hydrogens is 268 g/mol. The summed E-state index contributed by atoms with van der Waals surface area (Å²) in [5.74, 6) is 1.16. The summed E-state index contributed by atoms with van der Waals surface area (Å²) in [6, 6.07) is 3.42. The molecule has 0 unspecified atom stereocenters. The second kappa shape index (κ2) is 5.81. The van der Waals surface area contributed by atoms with Gasteiger partial charge in [-0.2, -0.15) is 5.10 Å². The van der Waals surface area contributed by atoms with Crippen LogP contribution in [0.15, 0.2) is 18.3 Å². The summed E-state index contributed by atoms with van der Waals surface area (Å²) in [6.07, 6.45) is 5.05. The highest BCUT2D eigenvalue weighted by Crippen LogP contribution is 2.20. The number of carbonyl (C=O) groups excluding carboxylic acids is 1. The summed E-state index contributed by atoms with van der Waals surface area (Å²) in [5.41, 5.74) is 1.20. The predicted molar refractivity (Wildman–Crippen MR) is 78.3 cm³/mol. The van der Waals surface area contributed by atoms with Crippen LogP contribution in [0.3, 0.4) is 0 Å². The molecule has 3 rings (SSSR count). The van der Waals surface area contributed by atoms with Crippen molar-refractivity contribution in [2.45, 2.75) is 19.3 Å². The van der Waals surface area contributed by atoms with Gasteiger partial charge in [0.05, 0.1) is 12.7 Å². The number of fused-ring (bicyclic) bond motifs is 1. The normalized spacial score (nSPS) is 17.2. The molecule has 0 saturated carbocycles. The van der Waals surface area contributed by atoms with Gasteiger partial charge in [-0.25, -0.2) is 14.3 Å². The maximum absolute atomic E-state index is 11.5. The molecule has 0 spiro atoms. The largest absolute Gasteiger partial charge is 0.465 e. The van der Waals surface area contributed by atoms with Crippen molar-refractivity contribution in [1.29, 1.82) is 0 Å². The number of esters is 1. The highest BCUT2D eigenvalue weighted by atomic mass is 16.5. The lowest BCUT2D eigenvalue weighted by Gasteiger charge is -2.28. The SMILES string of the molecule is COC(=O)c1ccn2nc(CC3CCN(C)CC3)nc2c1. The van der Waals surface area contributed by atoms with Crippen molar-refractivity contribution in [3.05, 3.63) is 29.7 Å². The van der Waals surface area contributed by atoms with Gasteiger partial charge in [0.25, 0.3) is 0 Å². The monoisotopic (exact) mass is 288 g/mol. The predicted octanol–water partition coefficient (Wildman–Crippen LogP) is 1.40. The van der Waals surface area contributed by atoms with Crippen LogP contribution in [0.2, 0.25) is 0 Å². The van der Waals surface area contributed by atoms with Crippen LogP contribution in [0.25, 0.3) is 5.65 Å². The van der Waals surface area contributed by atoms with E-state index in [1.165, 1.54) is 20.0 Å². The first kappa shape index (κ1) is 14.0. The molecule has 2 aromatic rings. The summed E-state index contributed by atoms with van der Waals surface area (Å²) in [5, 5.41) is 4.49. The van der Waals surface area contributed by atoms with E-state index in [1.54, 1.807) is 22.8 Å². The molecule has 21 heavy (non-hydrogen) atoms. The quantitative estimate of drug-likeness (QED) is 0.799. The molecule has 0 radical (unpaired) electrons. The summed E-state index contributed by atoms with van der Waals surface area (Å²) >= 11 is 0. The third-order valence-corrected chi connectivity index (χ3v) is 4.11. The van der Waals surface area contributed by atoms with Crippen molar-refractivity contribution in [3.63, 3.8) is 0 Å². The Morgan fingerprint density at radius 2 is 2.19 bits per heavy atom. The van der Waals surface area contributed by atoms with Gasteiger partial charge < -0.3 is 9.64 Å². The lowest BCUT2D eigenvalue weighted by Crippen LogP contribution is -2.31. The van der Waals surface area contributed by atoms with Crippen LogP contribution in [0.5, 0.6) is 0 Å². The lowest BCUT2D eigenvalue weighted by atomic mass is 9.94. The number of aromatic nitrogens is 3. The molecule has 3 heterocycles. The Morgan fingerprint density at radius 3 is 2.90 bits per heavy atom. The van der Waals surface area contributed by atoms with Gasteiger partial charge in [-0.1, -0.05) is 0 Å². The van der Waals surface area contributed by atoms with Crippen LogP contribution < -0.4 is 0 Å². The molecule has 0 bridgehead atoms. The third-order valence-electron chi connectivity index (χ3n) is 4.11. The molecule has 1 aliphatic heterocycles.